The van der Waals surface area contributed by atoms with Crippen LogP contribution in [0.5, 0.6) is 0 Å². The van der Waals surface area contributed by atoms with E-state index in [9.17, 15) is 80.5 Å². The van der Waals surface area contributed by atoms with Crippen molar-refractivity contribution in [2.75, 3.05) is 19.8 Å². The Labute approximate surface area is 535 Å². The first-order valence-corrected chi connectivity index (χ1v) is 32.3. The molecule has 0 aromatic rings. The minimum atomic E-state index is -2.13. The van der Waals surface area contributed by atoms with Crippen molar-refractivity contribution >= 4 is 23.9 Å². The zero-order chi connectivity index (χ0) is 68.0. The molecule has 0 radical (unpaired) electrons. The minimum Gasteiger partial charge on any atom is -0.479 e. The molecule has 9 aliphatic rings. The first-order valence-electron chi connectivity index (χ1n) is 32.3. The molecule has 4 saturated carbocycles. The lowest BCUT2D eigenvalue weighted by Gasteiger charge is -2.72. The minimum absolute atomic E-state index is 0.0439. The average Bonchev–Trinajstić information content (AvgIpc) is 0.736. The van der Waals surface area contributed by atoms with Crippen molar-refractivity contribution in [3.63, 3.8) is 0 Å². The second-order valence-electron chi connectivity index (χ2n) is 29.3. The van der Waals surface area contributed by atoms with Crippen LogP contribution in [0.2, 0.25) is 0 Å². The predicted octanol–water partition coefficient (Wildman–Crippen LogP) is 0.715. The molecular formula is C65H100O27. The summed E-state index contributed by atoms with van der Waals surface area (Å²) >= 11 is 0. The molecule has 4 aliphatic heterocycles. The van der Waals surface area contributed by atoms with Crippen LogP contribution in [0.3, 0.4) is 0 Å². The van der Waals surface area contributed by atoms with Crippen LogP contribution < -0.4 is 0 Å². The molecule has 0 aromatic heterocycles. The van der Waals surface area contributed by atoms with Gasteiger partial charge in [0.05, 0.1) is 43.5 Å². The Bertz CT molecular complexity index is 2790. The quantitative estimate of drug-likeness (QED) is 0.0314. The Hall–Kier alpha value is -3.66. The van der Waals surface area contributed by atoms with E-state index < -0.39 is 223 Å². The fourth-order valence-electron chi connectivity index (χ4n) is 17.9. The van der Waals surface area contributed by atoms with Crippen LogP contribution in [0.1, 0.15) is 135 Å². The Kier molecular flexibility index (Phi) is 21.3. The zero-order valence-corrected chi connectivity index (χ0v) is 54.8. The topological polar surface area (TPSA) is 413 Å². The zero-order valence-electron chi connectivity index (χ0n) is 54.8. The number of carbonyl (C=O) groups excluding carboxylic acids is 3. The molecule has 4 saturated heterocycles. The van der Waals surface area contributed by atoms with Crippen LogP contribution in [-0.4, -0.2) is 246 Å². The number of ether oxygens (including phenoxy) is 11. The van der Waals surface area contributed by atoms with Gasteiger partial charge in [-0.25, -0.2) is 14.4 Å². The maximum atomic E-state index is 13.5. The van der Waals surface area contributed by atoms with Gasteiger partial charge in [-0.1, -0.05) is 72.3 Å². The summed E-state index contributed by atoms with van der Waals surface area (Å²) < 4.78 is 67.8. The van der Waals surface area contributed by atoms with Crippen molar-refractivity contribution in [1.82, 2.24) is 0 Å². The van der Waals surface area contributed by atoms with Gasteiger partial charge >= 0.3 is 23.9 Å². The predicted molar refractivity (Wildman–Crippen MR) is 316 cm³/mol. The number of carbonyl (C=O) groups is 4. The number of carboxylic acid groups (broad SMARTS) is 1. The summed E-state index contributed by atoms with van der Waals surface area (Å²) in [6.07, 6.45) is -28.8. The second-order valence-corrected chi connectivity index (χ2v) is 29.3. The number of rotatable bonds is 17. The molecule has 27 heteroatoms. The normalized spacial score (nSPS) is 48.4. The van der Waals surface area contributed by atoms with E-state index in [0.29, 0.717) is 32.1 Å². The van der Waals surface area contributed by atoms with E-state index in [2.05, 4.69) is 26.8 Å². The molecule has 0 amide bonds. The third kappa shape index (κ3) is 12.2. The highest BCUT2D eigenvalue weighted by atomic mass is 16.8. The van der Waals surface area contributed by atoms with E-state index in [-0.39, 0.29) is 35.8 Å². The van der Waals surface area contributed by atoms with Crippen LogP contribution in [0.4, 0.5) is 0 Å². The van der Waals surface area contributed by atoms with Gasteiger partial charge in [0.15, 0.2) is 43.5 Å². The first-order chi connectivity index (χ1) is 43.0. The van der Waals surface area contributed by atoms with E-state index in [1.54, 1.807) is 33.8 Å². The number of fused-ring (bicyclic) bond motifs is 7. The average molecular weight is 1310 g/mol. The number of aliphatic hydroxyl groups excluding tert-OH is 11. The van der Waals surface area contributed by atoms with Gasteiger partial charge in [-0.05, 0) is 124 Å². The number of carboxylic acids is 1. The molecule has 13 unspecified atom stereocenters. The van der Waals surface area contributed by atoms with E-state index in [4.69, 9.17) is 52.1 Å². The Balaban J connectivity index is 1.01. The molecule has 27 nitrogen and oxygen atoms in total. The third-order valence-electron chi connectivity index (χ3n) is 23.6. The lowest BCUT2D eigenvalue weighted by atomic mass is 9.33. The molecule has 4 heterocycles. The summed E-state index contributed by atoms with van der Waals surface area (Å²) in [5.74, 6) is -4.65. The van der Waals surface area contributed by atoms with Crippen molar-refractivity contribution in [3.05, 3.63) is 34.9 Å². The van der Waals surface area contributed by atoms with Crippen LogP contribution in [0, 0.1) is 50.2 Å². The van der Waals surface area contributed by atoms with Crippen molar-refractivity contribution in [1.29, 1.82) is 0 Å². The van der Waals surface area contributed by atoms with Gasteiger partial charge in [0.25, 0.3) is 0 Å². The first kappa shape index (κ1) is 72.6. The summed E-state index contributed by atoms with van der Waals surface area (Å²) in [7, 11) is 0. The van der Waals surface area contributed by atoms with E-state index in [0.717, 1.165) is 5.57 Å². The van der Waals surface area contributed by atoms with Crippen LogP contribution >= 0.6 is 0 Å². The molecule has 522 valence electrons. The summed E-state index contributed by atoms with van der Waals surface area (Å²) in [5, 5.41) is 134. The lowest BCUT2D eigenvalue weighted by molar-refractivity contribution is -0.386. The fourth-order valence-corrected chi connectivity index (χ4v) is 17.9. The molecule has 12 N–H and O–H groups in total. The van der Waals surface area contributed by atoms with Gasteiger partial charge in [-0.15, -0.1) is 0 Å². The number of aliphatic carboxylic acids is 1. The van der Waals surface area contributed by atoms with Crippen molar-refractivity contribution in [3.8, 4) is 0 Å². The Morgan fingerprint density at radius 3 is 1.70 bits per heavy atom. The van der Waals surface area contributed by atoms with Gasteiger partial charge in [-0.3, -0.25) is 4.79 Å². The van der Waals surface area contributed by atoms with Gasteiger partial charge in [-0.2, -0.15) is 0 Å². The third-order valence-corrected chi connectivity index (χ3v) is 23.6. The molecule has 0 bridgehead atoms. The van der Waals surface area contributed by atoms with Gasteiger partial charge in [0.2, 0.25) is 0 Å². The SMILES string of the molecule is C/C=C(/C)C(=O)OC1C(O)[C@H](O[C@H]2[C@H](OC(C)=O)[C@@]3(CO)C(CC2(C)C)C2=CCC4[C@@]5(C)CC[C@H](O[C@@H]6OC(C(=O)O)[C@@H](O)[C@H](O[C@@H]7O[C@@H](CO)C(O)C7O)C6O[C@@H]6OC(CO)[C@H](O)C(O)C6O)C(C)(C)C5CC[C@@]4(C)[C@]2(C)C[C@H]3O)OC(C)[C@@H]1OC(=O)/C(C)=C\C. The highest BCUT2D eigenvalue weighted by molar-refractivity contribution is 5.88. The lowest BCUT2D eigenvalue weighted by Crippen LogP contribution is -2.73. The molecular weight excluding hydrogens is 1210 g/mol. The van der Waals surface area contributed by atoms with Crippen molar-refractivity contribution in [2.24, 2.45) is 50.2 Å². The molecule has 0 spiro atoms. The maximum Gasteiger partial charge on any atom is 0.335 e. The van der Waals surface area contributed by atoms with Gasteiger partial charge in [0.1, 0.15) is 79.4 Å². The smallest absolute Gasteiger partial charge is 0.335 e. The van der Waals surface area contributed by atoms with E-state index >= 15 is 0 Å². The molecule has 92 heavy (non-hydrogen) atoms. The van der Waals surface area contributed by atoms with E-state index in [1.807, 2.05) is 27.7 Å². The Morgan fingerprint density at radius 1 is 0.587 bits per heavy atom. The molecule has 5 aliphatic carbocycles. The molecule has 30 atom stereocenters. The molecule has 0 aromatic carbocycles. The van der Waals surface area contributed by atoms with E-state index in [1.165, 1.54) is 19.9 Å². The fraction of sp³-hybridized carbons (Fsp3) is 0.846. The number of allylic oxidation sites excluding steroid dienone is 4. The highest BCUT2D eigenvalue weighted by Gasteiger charge is 2.74. The standard InChI is InChI=1S/C65H100O27/c1-14-27(3)54(80)87-46-29(5)82-58(45(77)48(46)88-55(81)28(4)15-2)92-51-52(83-30(6)69)65(26-68)32(22-60(51,7)8)31-16-17-36-62(11)20-19-38(61(9,10)35(62)18-21-63(36,12)64(31,13)23-37(65)70)86-59-50(91-57-43(75)41(73)39(71)33(24-66)84-57)47(44(76)49(90-59)53(78)79)89-56-42(74)40(72)34(25-67)85-56/h14-16,29,32-52,56-59,66-68,70-77H,17-26H2,1-13H3,(H,78,79)/b27-14-,28-15-/t29?,32?,33?,34-,35?,36?,37+,38-,39-,40?,41?,42?,43?,44-,45?,46-,47-,48?,49?,50?,51-,52-,56-,57-,58-,59+,62-,63+,64+,65-/m0/s1. The summed E-state index contributed by atoms with van der Waals surface area (Å²) in [5.41, 5.74) is -3.55. The van der Waals surface area contributed by atoms with Crippen LogP contribution in [0.15, 0.2) is 34.9 Å². The number of hydrogen-bond donors (Lipinski definition) is 12. The molecule has 8 fully saturated rings. The van der Waals surface area contributed by atoms with Gasteiger partial charge in [0, 0.05) is 18.1 Å². The largest absolute Gasteiger partial charge is 0.479 e. The van der Waals surface area contributed by atoms with Crippen molar-refractivity contribution < 1.29 is 133 Å². The Morgan fingerprint density at radius 2 is 1.14 bits per heavy atom. The number of esters is 3. The maximum absolute atomic E-state index is 13.5. The number of aliphatic hydroxyl groups is 11. The summed E-state index contributed by atoms with van der Waals surface area (Å²) in [6.45, 7) is 21.5. The number of hydrogen-bond acceptors (Lipinski definition) is 26. The van der Waals surface area contributed by atoms with Crippen LogP contribution in [-0.2, 0) is 71.3 Å². The van der Waals surface area contributed by atoms with Crippen molar-refractivity contribution in [2.45, 2.75) is 276 Å². The summed E-state index contributed by atoms with van der Waals surface area (Å²) in [6, 6.07) is 0. The second kappa shape index (κ2) is 27.0. The monoisotopic (exact) mass is 1310 g/mol. The van der Waals surface area contributed by atoms with Gasteiger partial charge < -0.3 is 113 Å². The summed E-state index contributed by atoms with van der Waals surface area (Å²) in [4.78, 5) is 53.0. The van der Waals surface area contributed by atoms with Crippen LogP contribution in [0.25, 0.3) is 0 Å². The highest BCUT2D eigenvalue weighted by Crippen LogP contribution is 2.76. The molecule has 9 rings (SSSR count).